The first kappa shape index (κ1) is 11.6. The number of nitrogens with two attached hydrogens (primary N) is 1. The first-order valence-electron chi connectivity index (χ1n) is 6.21. The zero-order valence-electron chi connectivity index (χ0n) is 9.99. The second kappa shape index (κ2) is 5.46. The van der Waals surface area contributed by atoms with Gasteiger partial charge in [-0.05, 0) is 36.3 Å². The van der Waals surface area contributed by atoms with Gasteiger partial charge in [0.05, 0.1) is 6.61 Å². The van der Waals surface area contributed by atoms with Crippen LogP contribution < -0.4 is 5.73 Å². The van der Waals surface area contributed by atoms with Gasteiger partial charge in [-0.15, -0.1) is 0 Å². The number of ether oxygens (including phenoxy) is 1. The van der Waals surface area contributed by atoms with Gasteiger partial charge in [0, 0.05) is 12.6 Å². The lowest BCUT2D eigenvalue weighted by atomic mass is 9.98. The Labute approximate surface area is 97.8 Å². The molecule has 1 aromatic carbocycles. The molecule has 1 atom stereocenters. The van der Waals surface area contributed by atoms with Gasteiger partial charge in [0.1, 0.15) is 0 Å². The van der Waals surface area contributed by atoms with Crippen LogP contribution in [-0.4, -0.2) is 19.3 Å². The van der Waals surface area contributed by atoms with Gasteiger partial charge < -0.3 is 10.5 Å². The minimum atomic E-state index is 0.180. The third kappa shape index (κ3) is 2.63. The molecule has 2 nitrogen and oxygen atoms in total. The van der Waals surface area contributed by atoms with Crippen molar-refractivity contribution in [1.29, 1.82) is 0 Å². The quantitative estimate of drug-likeness (QED) is 0.770. The molecule has 0 bridgehead atoms. The maximum absolute atomic E-state index is 6.17. The first-order valence-corrected chi connectivity index (χ1v) is 6.21. The van der Waals surface area contributed by atoms with Crippen molar-refractivity contribution in [1.82, 2.24) is 0 Å². The van der Waals surface area contributed by atoms with Crippen molar-refractivity contribution in [3.8, 4) is 0 Å². The zero-order chi connectivity index (χ0) is 11.4. The Morgan fingerprint density at radius 2 is 1.94 bits per heavy atom. The highest BCUT2D eigenvalue weighted by Gasteiger charge is 2.26. The lowest BCUT2D eigenvalue weighted by Crippen LogP contribution is -2.35. The van der Waals surface area contributed by atoms with Gasteiger partial charge in [-0.25, -0.2) is 0 Å². The van der Waals surface area contributed by atoms with E-state index >= 15 is 0 Å². The summed E-state index contributed by atoms with van der Waals surface area (Å²) in [5, 5.41) is 0. The smallest absolute Gasteiger partial charge is 0.0620 e. The maximum Gasteiger partial charge on any atom is 0.0620 e. The van der Waals surface area contributed by atoms with E-state index in [1.54, 1.807) is 0 Å². The summed E-state index contributed by atoms with van der Waals surface area (Å²) in [6, 6.07) is 8.84. The monoisotopic (exact) mass is 219 g/mol. The van der Waals surface area contributed by atoms with E-state index in [2.05, 4.69) is 31.2 Å². The molecule has 2 N–H and O–H groups in total. The van der Waals surface area contributed by atoms with Crippen molar-refractivity contribution in [3.05, 3.63) is 35.4 Å². The van der Waals surface area contributed by atoms with E-state index in [1.165, 1.54) is 11.1 Å². The fourth-order valence-corrected chi connectivity index (χ4v) is 2.40. The summed E-state index contributed by atoms with van der Waals surface area (Å²) in [5.41, 5.74) is 9.12. The molecule has 0 spiro atoms. The summed E-state index contributed by atoms with van der Waals surface area (Å²) in [6.45, 7) is 3.65. The Bertz CT molecular complexity index is 312. The third-order valence-corrected chi connectivity index (χ3v) is 3.35. The molecule has 2 rings (SSSR count). The molecule has 1 unspecified atom stereocenters. The molecule has 0 aromatic heterocycles. The van der Waals surface area contributed by atoms with Gasteiger partial charge in [-0.3, -0.25) is 0 Å². The van der Waals surface area contributed by atoms with Crippen molar-refractivity contribution >= 4 is 0 Å². The summed E-state index contributed by atoms with van der Waals surface area (Å²) >= 11 is 0. The molecular formula is C14H21NO. The van der Waals surface area contributed by atoms with E-state index in [1.807, 2.05) is 0 Å². The lowest BCUT2D eigenvalue weighted by molar-refractivity contribution is 0.107. The maximum atomic E-state index is 6.17. The molecule has 0 radical (unpaired) electrons. The number of fused-ring (bicyclic) bond motifs is 1. The summed E-state index contributed by atoms with van der Waals surface area (Å²) in [4.78, 5) is 0. The van der Waals surface area contributed by atoms with Crippen molar-refractivity contribution < 1.29 is 4.74 Å². The molecule has 0 aliphatic heterocycles. The molecule has 88 valence electrons. The summed E-state index contributed by atoms with van der Waals surface area (Å²) in [6.07, 6.45) is 3.30. The highest BCUT2D eigenvalue weighted by atomic mass is 16.5. The zero-order valence-corrected chi connectivity index (χ0v) is 9.99. The molecule has 0 saturated carbocycles. The van der Waals surface area contributed by atoms with E-state index in [4.69, 9.17) is 10.5 Å². The average molecular weight is 219 g/mol. The Hall–Kier alpha value is -0.860. The van der Waals surface area contributed by atoms with Crippen LogP contribution in [0.1, 0.15) is 24.5 Å². The van der Waals surface area contributed by atoms with Crippen LogP contribution in [0.2, 0.25) is 0 Å². The molecule has 1 aliphatic rings. The molecule has 0 fully saturated rings. The number of benzene rings is 1. The van der Waals surface area contributed by atoms with E-state index in [9.17, 15) is 0 Å². The highest BCUT2D eigenvalue weighted by molar-refractivity contribution is 5.32. The van der Waals surface area contributed by atoms with Crippen molar-refractivity contribution in [2.24, 2.45) is 11.7 Å². The Morgan fingerprint density at radius 1 is 1.31 bits per heavy atom. The van der Waals surface area contributed by atoms with E-state index < -0.39 is 0 Å². The number of hydrogen-bond acceptors (Lipinski definition) is 2. The standard InChI is InChI=1S/C14H21NO/c1-2-7-16-10-14(15)13-8-11-5-3-4-6-12(11)9-13/h3-6,13-14H,2,7-10,15H2,1H3. The van der Waals surface area contributed by atoms with Gasteiger partial charge in [0.15, 0.2) is 0 Å². The van der Waals surface area contributed by atoms with Crippen LogP contribution in [0.3, 0.4) is 0 Å². The highest BCUT2D eigenvalue weighted by Crippen LogP contribution is 2.28. The Morgan fingerprint density at radius 3 is 2.50 bits per heavy atom. The topological polar surface area (TPSA) is 35.2 Å². The van der Waals surface area contributed by atoms with Gasteiger partial charge >= 0.3 is 0 Å². The van der Waals surface area contributed by atoms with Gasteiger partial charge in [0.2, 0.25) is 0 Å². The van der Waals surface area contributed by atoms with Crippen LogP contribution in [-0.2, 0) is 17.6 Å². The molecule has 16 heavy (non-hydrogen) atoms. The van der Waals surface area contributed by atoms with Crippen LogP contribution >= 0.6 is 0 Å². The van der Waals surface area contributed by atoms with Crippen molar-refractivity contribution in [3.63, 3.8) is 0 Å². The SMILES string of the molecule is CCCOCC(N)C1Cc2ccccc2C1. The molecular weight excluding hydrogens is 198 g/mol. The Balaban J connectivity index is 1.86. The average Bonchev–Trinajstić information content (AvgIpc) is 2.73. The van der Waals surface area contributed by atoms with Crippen molar-refractivity contribution in [2.45, 2.75) is 32.2 Å². The minimum absolute atomic E-state index is 0.180. The molecule has 1 aliphatic carbocycles. The summed E-state index contributed by atoms with van der Waals surface area (Å²) < 4.78 is 5.53. The van der Waals surface area contributed by atoms with Gasteiger partial charge in [-0.2, -0.15) is 0 Å². The predicted molar refractivity (Wildman–Crippen MR) is 66.4 cm³/mol. The fourth-order valence-electron chi connectivity index (χ4n) is 2.40. The molecule has 1 aromatic rings. The number of hydrogen-bond donors (Lipinski definition) is 1. The fraction of sp³-hybridized carbons (Fsp3) is 0.571. The van der Waals surface area contributed by atoms with Gasteiger partial charge in [0.25, 0.3) is 0 Å². The summed E-state index contributed by atoms with van der Waals surface area (Å²) in [5.74, 6) is 0.564. The van der Waals surface area contributed by atoms with Crippen LogP contribution in [0, 0.1) is 5.92 Å². The molecule has 2 heteroatoms. The second-order valence-electron chi connectivity index (χ2n) is 4.68. The van der Waals surface area contributed by atoms with Crippen LogP contribution in [0.15, 0.2) is 24.3 Å². The van der Waals surface area contributed by atoms with E-state index in [0.29, 0.717) is 12.5 Å². The molecule has 0 heterocycles. The molecule has 0 amide bonds. The largest absolute Gasteiger partial charge is 0.380 e. The minimum Gasteiger partial charge on any atom is -0.380 e. The van der Waals surface area contributed by atoms with Crippen molar-refractivity contribution in [2.75, 3.05) is 13.2 Å². The Kier molecular flexibility index (Phi) is 3.97. The van der Waals surface area contributed by atoms with E-state index in [0.717, 1.165) is 25.9 Å². The van der Waals surface area contributed by atoms with Crippen LogP contribution in [0.25, 0.3) is 0 Å². The van der Waals surface area contributed by atoms with Crippen LogP contribution in [0.4, 0.5) is 0 Å². The second-order valence-corrected chi connectivity index (χ2v) is 4.68. The third-order valence-electron chi connectivity index (χ3n) is 3.35. The van der Waals surface area contributed by atoms with Crippen LogP contribution in [0.5, 0.6) is 0 Å². The molecule has 0 saturated heterocycles. The van der Waals surface area contributed by atoms with E-state index in [-0.39, 0.29) is 6.04 Å². The van der Waals surface area contributed by atoms with Gasteiger partial charge in [-0.1, -0.05) is 31.2 Å². The first-order chi connectivity index (χ1) is 7.81. The normalized spacial score (nSPS) is 17.4. The number of rotatable bonds is 5. The predicted octanol–water partition coefficient (Wildman–Crippen LogP) is 2.16. The summed E-state index contributed by atoms with van der Waals surface area (Å²) in [7, 11) is 0. The lowest BCUT2D eigenvalue weighted by Gasteiger charge is -2.18.